The van der Waals surface area contributed by atoms with Crippen molar-refractivity contribution in [3.63, 3.8) is 0 Å². The van der Waals surface area contributed by atoms with Crippen LogP contribution in [0.25, 0.3) is 0 Å². The molecular formula is LiMgNaO4Si. The molecule has 8 heteroatoms. The van der Waals surface area contributed by atoms with Crippen LogP contribution in [0.4, 0.5) is 0 Å². The van der Waals surface area contributed by atoms with Crippen LogP contribution in [-0.4, -0.2) is 32.1 Å². The quantitative estimate of drug-likeness (QED) is 0.317. The molecule has 0 rings (SSSR count). The summed E-state index contributed by atoms with van der Waals surface area (Å²) >= 11 is 0. The van der Waals surface area contributed by atoms with Gasteiger partial charge in [0, 0.05) is 0 Å². The Labute approximate surface area is 98.4 Å². The minimum Gasteiger partial charge on any atom is -0.894 e. The Morgan fingerprint density at radius 1 is 0.875 bits per heavy atom. The van der Waals surface area contributed by atoms with Crippen molar-refractivity contribution in [3.8, 4) is 0 Å². The molecule has 0 N–H and O–H groups in total. The van der Waals surface area contributed by atoms with Gasteiger partial charge >= 0.3 is 71.5 Å². The average Bonchev–Trinajstić information content (AvgIpc) is 0.722. The standard InChI is InChI=1S/Li.Mg.Na.O4Si/c;;;1-5(2,3)4/q+1;+2;+1;-4. The van der Waals surface area contributed by atoms with E-state index in [1.807, 2.05) is 0 Å². The Kier molecular flexibility index (Phi) is 26.4. The molecule has 0 atom stereocenters. The normalized spacial score (nSPS) is 7.50. The van der Waals surface area contributed by atoms with Crippen LogP contribution in [-0.2, 0) is 0 Å². The fourth-order valence-corrected chi connectivity index (χ4v) is 0. The van der Waals surface area contributed by atoms with E-state index in [4.69, 9.17) is 19.2 Å². The minimum atomic E-state index is -5.61. The van der Waals surface area contributed by atoms with Gasteiger partial charge in [0.2, 0.25) is 0 Å². The van der Waals surface area contributed by atoms with Crippen molar-refractivity contribution in [3.05, 3.63) is 0 Å². The van der Waals surface area contributed by atoms with Crippen LogP contribution in [0, 0.1) is 0 Å². The first-order valence-corrected chi connectivity index (χ1v) is 2.45. The molecule has 0 aliphatic carbocycles. The van der Waals surface area contributed by atoms with Gasteiger partial charge in [-0.2, -0.15) is 0 Å². The molecule has 0 radical (unpaired) electrons. The minimum absolute atomic E-state index is 0. The first-order valence-electron chi connectivity index (χ1n) is 0.816. The van der Waals surface area contributed by atoms with Gasteiger partial charge < -0.3 is 28.2 Å². The SMILES string of the molecule is [Li+].[Mg+2].[Na+].[O-][Si]([O-])([O-])[O-]. The van der Waals surface area contributed by atoms with Crippen molar-refractivity contribution in [1.82, 2.24) is 0 Å². The molecule has 0 aliphatic rings. The van der Waals surface area contributed by atoms with Gasteiger partial charge in [0.05, 0.1) is 0 Å². The van der Waals surface area contributed by atoms with Crippen LogP contribution in [0.1, 0.15) is 0 Å². The van der Waals surface area contributed by atoms with Crippen LogP contribution in [0.5, 0.6) is 0 Å². The predicted octanol–water partition coefficient (Wildman–Crippen LogP) is -11.5. The van der Waals surface area contributed by atoms with Crippen molar-refractivity contribution in [1.29, 1.82) is 0 Å². The maximum absolute atomic E-state index is 8.58. The zero-order valence-corrected chi connectivity index (χ0v) is 9.25. The molecule has 0 bridgehead atoms. The van der Waals surface area contributed by atoms with Crippen molar-refractivity contribution in [2.75, 3.05) is 0 Å². The largest absolute Gasteiger partial charge is 2.00 e. The van der Waals surface area contributed by atoms with Gasteiger partial charge in [-0.1, -0.05) is 0 Å². The second-order valence-electron chi connectivity index (χ2n) is 0.500. The third-order valence-electron chi connectivity index (χ3n) is 0. The molecule has 0 aromatic rings. The van der Waals surface area contributed by atoms with Gasteiger partial charge in [-0.15, -0.1) is 0 Å². The van der Waals surface area contributed by atoms with E-state index in [0.717, 1.165) is 0 Å². The monoisotopic (exact) mass is 146 g/mol. The van der Waals surface area contributed by atoms with Gasteiger partial charge in [-0.3, -0.25) is 0 Å². The molecule has 0 aromatic heterocycles. The summed E-state index contributed by atoms with van der Waals surface area (Å²) in [6, 6.07) is 0. The number of rotatable bonds is 0. The zero-order chi connectivity index (χ0) is 4.50. The first-order chi connectivity index (χ1) is 2.00. The van der Waals surface area contributed by atoms with E-state index >= 15 is 0 Å². The van der Waals surface area contributed by atoms with Crippen molar-refractivity contribution >= 4 is 32.1 Å². The molecule has 0 aromatic carbocycles. The van der Waals surface area contributed by atoms with E-state index in [2.05, 4.69) is 0 Å². The third-order valence-corrected chi connectivity index (χ3v) is 0. The molecule has 0 spiro atoms. The third kappa shape index (κ3) is 79.1. The molecule has 0 fully saturated rings. The second kappa shape index (κ2) is 9.42. The van der Waals surface area contributed by atoms with Crippen LogP contribution in [0.2, 0.25) is 0 Å². The Hall–Kier alpha value is 2.42. The average molecular weight is 146 g/mol. The summed E-state index contributed by atoms with van der Waals surface area (Å²) in [6.45, 7) is 0. The number of hydrogen-bond donors (Lipinski definition) is 0. The topological polar surface area (TPSA) is 92.2 Å². The summed E-state index contributed by atoms with van der Waals surface area (Å²) in [6.07, 6.45) is 0. The molecule has 0 aliphatic heterocycles. The molecule has 0 amide bonds. The zero-order valence-electron chi connectivity index (χ0n) is 4.84. The summed E-state index contributed by atoms with van der Waals surface area (Å²) in [7, 11) is -5.61. The second-order valence-corrected chi connectivity index (χ2v) is 1.50. The van der Waals surface area contributed by atoms with E-state index in [1.165, 1.54) is 0 Å². The van der Waals surface area contributed by atoms with Gasteiger partial charge in [0.15, 0.2) is 0 Å². The van der Waals surface area contributed by atoms with Crippen LogP contribution >= 0.6 is 0 Å². The molecular weight excluding hydrogens is 146 g/mol. The van der Waals surface area contributed by atoms with Gasteiger partial charge in [-0.05, 0) is 0 Å². The predicted molar refractivity (Wildman–Crippen MR) is 11.5 cm³/mol. The molecule has 4 nitrogen and oxygen atoms in total. The van der Waals surface area contributed by atoms with Gasteiger partial charge in [0.25, 0.3) is 0 Å². The summed E-state index contributed by atoms with van der Waals surface area (Å²) in [5.41, 5.74) is 0. The van der Waals surface area contributed by atoms with Crippen LogP contribution in [0.15, 0.2) is 0 Å². The Bertz CT molecular complexity index is 31.5. The smallest absolute Gasteiger partial charge is 0.894 e. The summed E-state index contributed by atoms with van der Waals surface area (Å²) in [5.74, 6) is 0. The molecule has 0 unspecified atom stereocenters. The van der Waals surface area contributed by atoms with Crippen LogP contribution < -0.4 is 67.6 Å². The summed E-state index contributed by atoms with van der Waals surface area (Å²) < 4.78 is 0. The molecule has 8 heavy (non-hydrogen) atoms. The molecule has 0 heterocycles. The molecule has 32 valence electrons. The van der Waals surface area contributed by atoms with Crippen LogP contribution in [0.3, 0.4) is 0 Å². The maximum atomic E-state index is 8.58. The number of hydrogen-bond acceptors (Lipinski definition) is 4. The molecule has 0 saturated carbocycles. The summed E-state index contributed by atoms with van der Waals surface area (Å²) in [4.78, 5) is 34.3. The van der Waals surface area contributed by atoms with E-state index in [9.17, 15) is 0 Å². The van der Waals surface area contributed by atoms with Crippen molar-refractivity contribution in [2.24, 2.45) is 0 Å². The fraction of sp³-hybridized carbons (Fsp3) is 0. The fourth-order valence-electron chi connectivity index (χ4n) is 0. The Morgan fingerprint density at radius 2 is 0.875 bits per heavy atom. The van der Waals surface area contributed by atoms with E-state index in [0.29, 0.717) is 0 Å². The van der Waals surface area contributed by atoms with E-state index < -0.39 is 9.05 Å². The maximum Gasteiger partial charge on any atom is 2.00 e. The Morgan fingerprint density at radius 3 is 0.875 bits per heavy atom. The Balaban J connectivity index is -0.0000000267. The van der Waals surface area contributed by atoms with Crippen molar-refractivity contribution in [2.45, 2.75) is 0 Å². The van der Waals surface area contributed by atoms with Gasteiger partial charge in [0.1, 0.15) is 0 Å². The summed E-state index contributed by atoms with van der Waals surface area (Å²) in [5, 5.41) is 0. The van der Waals surface area contributed by atoms with Crippen molar-refractivity contribution < 1.29 is 67.6 Å². The first kappa shape index (κ1) is 22.4. The van der Waals surface area contributed by atoms with E-state index in [1.54, 1.807) is 0 Å². The molecule has 0 saturated heterocycles. The van der Waals surface area contributed by atoms with Gasteiger partial charge in [-0.25, -0.2) is 0 Å². The van der Waals surface area contributed by atoms with E-state index in [-0.39, 0.29) is 71.5 Å².